The number of aliphatic carboxylic acids is 1. The summed E-state index contributed by atoms with van der Waals surface area (Å²) in [5, 5.41) is 15.6. The first-order chi connectivity index (χ1) is 11.0. The van der Waals surface area contributed by atoms with Crippen LogP contribution in [0.1, 0.15) is 30.3 Å². The van der Waals surface area contributed by atoms with Gasteiger partial charge in [0.2, 0.25) is 0 Å². The van der Waals surface area contributed by atoms with Crippen LogP contribution in [0, 0.1) is 11.7 Å². The second-order valence-electron chi connectivity index (χ2n) is 5.13. The Morgan fingerprint density at radius 2 is 2.09 bits per heavy atom. The summed E-state index contributed by atoms with van der Waals surface area (Å²) in [6.45, 7) is 1.92. The molecule has 0 aliphatic rings. The second kappa shape index (κ2) is 7.53. The fourth-order valence-corrected chi connectivity index (χ4v) is 2.18. The molecule has 122 valence electrons. The first kappa shape index (κ1) is 16.7. The molecule has 1 amide bonds. The van der Waals surface area contributed by atoms with Crippen LogP contribution < -0.4 is 5.32 Å². The van der Waals surface area contributed by atoms with Gasteiger partial charge in [0, 0.05) is 12.7 Å². The number of carboxylic acids is 1. The molecule has 0 spiro atoms. The van der Waals surface area contributed by atoms with Crippen molar-refractivity contribution >= 4 is 11.9 Å². The Labute approximate surface area is 132 Å². The highest BCUT2D eigenvalue weighted by molar-refractivity contribution is 5.92. The van der Waals surface area contributed by atoms with Crippen LogP contribution in [-0.4, -0.2) is 33.3 Å². The predicted octanol–water partition coefficient (Wildman–Crippen LogP) is 2.24. The lowest BCUT2D eigenvalue weighted by Crippen LogP contribution is -2.33. The minimum atomic E-state index is -0.941. The third-order valence-corrected chi connectivity index (χ3v) is 3.42. The zero-order chi connectivity index (χ0) is 16.8. The Bertz CT molecular complexity index is 699. The van der Waals surface area contributed by atoms with Crippen LogP contribution in [0.3, 0.4) is 0 Å². The van der Waals surface area contributed by atoms with Gasteiger partial charge in [0.25, 0.3) is 5.91 Å². The van der Waals surface area contributed by atoms with Gasteiger partial charge in [0.1, 0.15) is 11.5 Å². The van der Waals surface area contributed by atoms with Gasteiger partial charge in [-0.25, -0.2) is 9.07 Å². The molecule has 6 nitrogen and oxygen atoms in total. The highest BCUT2D eigenvalue weighted by Crippen LogP contribution is 2.12. The summed E-state index contributed by atoms with van der Waals surface area (Å²) in [7, 11) is 0. The summed E-state index contributed by atoms with van der Waals surface area (Å²) in [6.07, 6.45) is 2.68. The van der Waals surface area contributed by atoms with Crippen LogP contribution >= 0.6 is 0 Å². The van der Waals surface area contributed by atoms with Crippen molar-refractivity contribution < 1.29 is 19.1 Å². The summed E-state index contributed by atoms with van der Waals surface area (Å²) < 4.78 is 15.0. The highest BCUT2D eigenvalue weighted by atomic mass is 19.1. The lowest BCUT2D eigenvalue weighted by molar-refractivity contribution is -0.141. The Kier molecular flexibility index (Phi) is 5.46. The monoisotopic (exact) mass is 319 g/mol. The largest absolute Gasteiger partial charge is 0.481 e. The molecule has 23 heavy (non-hydrogen) atoms. The van der Waals surface area contributed by atoms with E-state index in [0.717, 1.165) is 6.42 Å². The number of halogens is 1. The van der Waals surface area contributed by atoms with Gasteiger partial charge < -0.3 is 10.4 Å². The standard InChI is InChI=1S/C16H18FN3O3/c1-2-5-11(16(22)23)10-18-15(21)13-8-9-20(19-13)14-7-4-3-6-12(14)17/h3-4,6-9,11H,2,5,10H2,1H3,(H,18,21)(H,22,23). The van der Waals surface area contributed by atoms with Crippen molar-refractivity contribution in [2.24, 2.45) is 5.92 Å². The molecule has 0 aliphatic carbocycles. The number of nitrogens with zero attached hydrogens (tertiary/aromatic N) is 2. The van der Waals surface area contributed by atoms with Gasteiger partial charge in [-0.3, -0.25) is 9.59 Å². The molecule has 7 heteroatoms. The number of aromatic nitrogens is 2. The van der Waals surface area contributed by atoms with E-state index < -0.39 is 23.6 Å². The molecule has 1 unspecified atom stereocenters. The molecular formula is C16H18FN3O3. The highest BCUT2D eigenvalue weighted by Gasteiger charge is 2.18. The first-order valence-corrected chi connectivity index (χ1v) is 7.34. The summed E-state index contributed by atoms with van der Waals surface area (Å²) in [5.74, 6) is -2.50. The Morgan fingerprint density at radius 1 is 1.35 bits per heavy atom. The van der Waals surface area contributed by atoms with Crippen LogP contribution in [0.5, 0.6) is 0 Å². The Balaban J connectivity index is 2.04. The SMILES string of the molecule is CCCC(CNC(=O)c1ccn(-c2ccccc2F)n1)C(=O)O. The molecular weight excluding hydrogens is 301 g/mol. The molecule has 1 atom stereocenters. The summed E-state index contributed by atoms with van der Waals surface area (Å²) in [5.41, 5.74) is 0.342. The van der Waals surface area contributed by atoms with E-state index in [9.17, 15) is 14.0 Å². The van der Waals surface area contributed by atoms with Gasteiger partial charge in [0.15, 0.2) is 5.69 Å². The van der Waals surface area contributed by atoms with Crippen LogP contribution in [0.4, 0.5) is 4.39 Å². The number of carboxylic acid groups (broad SMARTS) is 1. The molecule has 2 rings (SSSR count). The molecule has 0 saturated carbocycles. The van der Waals surface area contributed by atoms with Gasteiger partial charge in [-0.1, -0.05) is 25.5 Å². The van der Waals surface area contributed by atoms with Crippen molar-refractivity contribution in [1.29, 1.82) is 0 Å². The molecule has 1 aromatic heterocycles. The normalized spacial score (nSPS) is 11.9. The lowest BCUT2D eigenvalue weighted by atomic mass is 10.0. The molecule has 1 aromatic carbocycles. The Morgan fingerprint density at radius 3 is 2.74 bits per heavy atom. The summed E-state index contributed by atoms with van der Waals surface area (Å²) in [4.78, 5) is 23.1. The van der Waals surface area contributed by atoms with Crippen molar-refractivity contribution in [3.05, 3.63) is 48.0 Å². The van der Waals surface area contributed by atoms with Crippen LogP contribution in [0.2, 0.25) is 0 Å². The third-order valence-electron chi connectivity index (χ3n) is 3.42. The maximum Gasteiger partial charge on any atom is 0.308 e. The number of benzene rings is 1. The van der Waals surface area contributed by atoms with Crippen molar-refractivity contribution in [3.63, 3.8) is 0 Å². The molecule has 2 N–H and O–H groups in total. The zero-order valence-electron chi connectivity index (χ0n) is 12.7. The van der Waals surface area contributed by atoms with Crippen LogP contribution in [-0.2, 0) is 4.79 Å². The number of hydrogen-bond acceptors (Lipinski definition) is 3. The molecule has 1 heterocycles. The van der Waals surface area contributed by atoms with Gasteiger partial charge in [-0.05, 0) is 24.6 Å². The number of carbonyl (C=O) groups excluding carboxylic acids is 1. The van der Waals surface area contributed by atoms with E-state index in [-0.39, 0.29) is 17.9 Å². The van der Waals surface area contributed by atoms with Crippen molar-refractivity contribution in [2.45, 2.75) is 19.8 Å². The summed E-state index contributed by atoms with van der Waals surface area (Å²) in [6, 6.07) is 7.54. The van der Waals surface area contributed by atoms with Gasteiger partial charge in [0.05, 0.1) is 5.92 Å². The molecule has 0 radical (unpaired) electrons. The van der Waals surface area contributed by atoms with Gasteiger partial charge in [-0.2, -0.15) is 5.10 Å². The number of carbonyl (C=O) groups is 2. The molecule has 0 aliphatic heterocycles. The third kappa shape index (κ3) is 4.15. The lowest BCUT2D eigenvalue weighted by Gasteiger charge is -2.11. The van der Waals surface area contributed by atoms with E-state index in [4.69, 9.17) is 5.11 Å². The van der Waals surface area contributed by atoms with Crippen LogP contribution in [0.25, 0.3) is 5.69 Å². The van der Waals surface area contributed by atoms with Gasteiger partial charge in [-0.15, -0.1) is 0 Å². The number of hydrogen-bond donors (Lipinski definition) is 2. The average molecular weight is 319 g/mol. The smallest absolute Gasteiger partial charge is 0.308 e. The van der Waals surface area contributed by atoms with E-state index in [1.165, 1.54) is 23.0 Å². The average Bonchev–Trinajstić information content (AvgIpc) is 3.01. The topological polar surface area (TPSA) is 84.2 Å². The maximum absolute atomic E-state index is 13.7. The van der Waals surface area contributed by atoms with E-state index >= 15 is 0 Å². The van der Waals surface area contributed by atoms with Crippen LogP contribution in [0.15, 0.2) is 36.5 Å². The van der Waals surface area contributed by atoms with E-state index in [1.54, 1.807) is 18.2 Å². The predicted molar refractivity (Wildman–Crippen MR) is 81.9 cm³/mol. The molecule has 0 bridgehead atoms. The molecule has 0 fully saturated rings. The van der Waals surface area contributed by atoms with Crippen molar-refractivity contribution in [3.8, 4) is 5.69 Å². The fraction of sp³-hybridized carbons (Fsp3) is 0.312. The molecule has 2 aromatic rings. The van der Waals surface area contributed by atoms with Crippen molar-refractivity contribution in [1.82, 2.24) is 15.1 Å². The number of nitrogens with one attached hydrogen (secondary N) is 1. The van der Waals surface area contributed by atoms with E-state index in [1.807, 2.05) is 6.92 Å². The van der Waals surface area contributed by atoms with Gasteiger partial charge >= 0.3 is 5.97 Å². The number of amides is 1. The quantitative estimate of drug-likeness (QED) is 0.820. The van der Waals surface area contributed by atoms with E-state index in [0.29, 0.717) is 6.42 Å². The fourth-order valence-electron chi connectivity index (χ4n) is 2.18. The maximum atomic E-state index is 13.7. The zero-order valence-corrected chi connectivity index (χ0v) is 12.7. The van der Waals surface area contributed by atoms with Crippen molar-refractivity contribution in [2.75, 3.05) is 6.54 Å². The Hall–Kier alpha value is -2.70. The first-order valence-electron chi connectivity index (χ1n) is 7.34. The number of para-hydroxylation sites is 1. The minimum Gasteiger partial charge on any atom is -0.481 e. The number of rotatable bonds is 7. The second-order valence-corrected chi connectivity index (χ2v) is 5.13. The summed E-state index contributed by atoms with van der Waals surface area (Å²) >= 11 is 0. The molecule has 0 saturated heterocycles. The minimum absolute atomic E-state index is 0.0363. The van der Waals surface area contributed by atoms with E-state index in [2.05, 4.69) is 10.4 Å².